The Labute approximate surface area is 216 Å². The molecule has 1 aromatic carbocycles. The summed E-state index contributed by atoms with van der Waals surface area (Å²) in [5.41, 5.74) is 9.72. The first kappa shape index (κ1) is 29.9. The van der Waals surface area contributed by atoms with Crippen molar-refractivity contribution in [3.8, 4) is 6.57 Å². The van der Waals surface area contributed by atoms with Crippen LogP contribution in [0.1, 0.15) is 75.8 Å². The van der Waals surface area contributed by atoms with Crippen LogP contribution < -0.4 is 22.3 Å². The van der Waals surface area contributed by atoms with Crippen LogP contribution >= 0.6 is 0 Å². The van der Waals surface area contributed by atoms with Crippen molar-refractivity contribution >= 4 is 17.2 Å². The summed E-state index contributed by atoms with van der Waals surface area (Å²) >= 11 is 0. The molecule has 0 radical (unpaired) electrons. The first-order valence-electron chi connectivity index (χ1n) is 12.6. The first-order chi connectivity index (χ1) is 17.6. The lowest BCUT2D eigenvalue weighted by Crippen LogP contribution is -2.56. The average Bonchev–Trinajstić information content (AvgIpc) is 3.13. The lowest BCUT2D eigenvalue weighted by molar-refractivity contribution is -0.207. The van der Waals surface area contributed by atoms with Crippen molar-refractivity contribution in [2.24, 2.45) is 16.6 Å². The van der Waals surface area contributed by atoms with E-state index in [2.05, 4.69) is 28.8 Å². The van der Waals surface area contributed by atoms with Crippen LogP contribution in [0.5, 0.6) is 0 Å². The maximum Gasteiger partial charge on any atom is 0.410 e. The van der Waals surface area contributed by atoms with Gasteiger partial charge >= 0.3 is 6.18 Å². The molecule has 1 aliphatic carbocycles. The van der Waals surface area contributed by atoms with E-state index in [4.69, 9.17) is 16.7 Å². The third kappa shape index (κ3) is 7.83. The zero-order chi connectivity index (χ0) is 27.5. The second-order valence-electron chi connectivity index (χ2n) is 9.56. The zero-order valence-electron chi connectivity index (χ0n) is 21.3. The minimum atomic E-state index is -4.41. The summed E-state index contributed by atoms with van der Waals surface area (Å²) in [5.74, 6) is 0.918. The molecule has 1 atom stereocenters. The lowest BCUT2D eigenvalue weighted by Gasteiger charge is -2.40. The van der Waals surface area contributed by atoms with Gasteiger partial charge in [-0.25, -0.2) is 10.3 Å². The van der Waals surface area contributed by atoms with Crippen LogP contribution in [0.2, 0.25) is 0 Å². The molecule has 2 aliphatic rings. The van der Waals surface area contributed by atoms with E-state index < -0.39 is 17.3 Å². The van der Waals surface area contributed by atoms with Crippen molar-refractivity contribution in [1.29, 1.82) is 5.26 Å². The van der Waals surface area contributed by atoms with Crippen molar-refractivity contribution in [2.75, 3.05) is 12.3 Å². The summed E-state index contributed by atoms with van der Waals surface area (Å²) in [6.07, 6.45) is 7.09. The topological polar surface area (TPSA) is 133 Å². The standard InChI is InChI=1S/C18H20F3N5O.C8H16.CHN/c19-18(20,21)17(8-1-2-9-25-17)11-3-5-12(6-4-11)26-15(23)14-13(22)7-10-24-16(14)27;1-8-6-4-2-3-5-7-8;1-2/h3-7,10,25H,1-2,8-9H2,(H2,23,26)(H3,22,24,27);8H,2-7H2,1H3;1H. The van der Waals surface area contributed by atoms with Crippen LogP contribution in [0.4, 0.5) is 24.5 Å². The molecule has 1 aromatic heterocycles. The highest BCUT2D eigenvalue weighted by molar-refractivity contribution is 6.02. The molecular formula is C27H37F3N6O. The van der Waals surface area contributed by atoms with Gasteiger partial charge in [-0.05, 0) is 55.5 Å². The largest absolute Gasteiger partial charge is 0.410 e. The Morgan fingerprint density at radius 3 is 2.19 bits per heavy atom. The summed E-state index contributed by atoms with van der Waals surface area (Å²) in [7, 11) is 0. The Hall–Kier alpha value is -3.32. The van der Waals surface area contributed by atoms with E-state index in [0.717, 1.165) is 5.92 Å². The Morgan fingerprint density at radius 2 is 1.68 bits per heavy atom. The number of alkyl halides is 3. The quantitative estimate of drug-likeness (QED) is 0.237. The number of nitrogen functional groups attached to an aromatic ring is 1. The fraction of sp³-hybridized carbons (Fsp3) is 0.519. The van der Waals surface area contributed by atoms with Gasteiger partial charge in [0.25, 0.3) is 5.56 Å². The molecule has 1 aliphatic heterocycles. The van der Waals surface area contributed by atoms with E-state index in [1.54, 1.807) is 0 Å². The number of rotatable bonds is 3. The maximum absolute atomic E-state index is 13.7. The second kappa shape index (κ2) is 13.8. The van der Waals surface area contributed by atoms with Gasteiger partial charge in [0.15, 0.2) is 0 Å². The predicted molar refractivity (Wildman–Crippen MR) is 141 cm³/mol. The number of nitriles is 1. The zero-order valence-corrected chi connectivity index (χ0v) is 21.3. The summed E-state index contributed by atoms with van der Waals surface area (Å²) in [5, 5.41) is 9.14. The molecule has 2 aromatic rings. The summed E-state index contributed by atoms with van der Waals surface area (Å²) in [6, 6.07) is 7.13. The third-order valence-corrected chi connectivity index (χ3v) is 6.89. The van der Waals surface area contributed by atoms with Gasteiger partial charge in [-0.2, -0.15) is 13.2 Å². The summed E-state index contributed by atoms with van der Waals surface area (Å²) in [4.78, 5) is 18.4. The van der Waals surface area contributed by atoms with Crippen molar-refractivity contribution in [3.05, 3.63) is 58.0 Å². The van der Waals surface area contributed by atoms with Gasteiger partial charge in [-0.15, -0.1) is 0 Å². The van der Waals surface area contributed by atoms with Crippen molar-refractivity contribution in [3.63, 3.8) is 0 Å². The van der Waals surface area contributed by atoms with E-state index in [0.29, 0.717) is 25.1 Å². The van der Waals surface area contributed by atoms with E-state index >= 15 is 0 Å². The number of aliphatic imine (C=N–C) groups is 1. The molecule has 1 saturated heterocycles. The van der Waals surface area contributed by atoms with Crippen molar-refractivity contribution in [2.45, 2.75) is 76.4 Å². The van der Waals surface area contributed by atoms with Crippen molar-refractivity contribution in [1.82, 2.24) is 10.3 Å². The van der Waals surface area contributed by atoms with Gasteiger partial charge < -0.3 is 16.5 Å². The highest BCUT2D eigenvalue weighted by Crippen LogP contribution is 2.44. The molecule has 0 spiro atoms. The Bertz CT molecular complexity index is 1080. The number of piperidine rings is 1. The Kier molecular flexibility index (Phi) is 11.2. The highest BCUT2D eigenvalue weighted by Gasteiger charge is 2.55. The van der Waals surface area contributed by atoms with Crippen molar-refractivity contribution < 1.29 is 13.2 Å². The minimum absolute atomic E-state index is 0.0167. The number of halogens is 3. The molecule has 1 saturated carbocycles. The number of H-pyrrole nitrogens is 1. The van der Waals surface area contributed by atoms with E-state index in [-0.39, 0.29) is 29.1 Å². The van der Waals surface area contributed by atoms with Crippen LogP contribution in [0, 0.1) is 17.8 Å². The number of benzene rings is 1. The monoisotopic (exact) mass is 518 g/mol. The van der Waals surface area contributed by atoms with E-state index in [1.807, 2.05) is 0 Å². The fourth-order valence-corrected chi connectivity index (χ4v) is 4.81. The molecule has 2 fully saturated rings. The van der Waals surface area contributed by atoms with Gasteiger partial charge in [-0.3, -0.25) is 10.1 Å². The molecule has 2 heterocycles. The second-order valence-corrected chi connectivity index (χ2v) is 9.56. The van der Waals surface area contributed by atoms with Crippen LogP contribution in [-0.2, 0) is 5.54 Å². The number of nitrogens with one attached hydrogen (secondary N) is 2. The highest BCUT2D eigenvalue weighted by atomic mass is 19.4. The predicted octanol–water partition coefficient (Wildman–Crippen LogP) is 5.64. The normalized spacial score (nSPS) is 21.0. The number of aromatic nitrogens is 1. The van der Waals surface area contributed by atoms with Gasteiger partial charge in [0.05, 0.1) is 5.69 Å². The lowest BCUT2D eigenvalue weighted by atomic mass is 9.81. The Balaban J connectivity index is 0.000000406. The molecule has 0 amide bonds. The molecule has 1 unspecified atom stereocenters. The van der Waals surface area contributed by atoms with Gasteiger partial charge in [0.1, 0.15) is 16.9 Å². The summed E-state index contributed by atoms with van der Waals surface area (Å²) in [6.45, 7) is 6.19. The van der Waals surface area contributed by atoms with E-state index in [1.165, 1.54) is 75.1 Å². The van der Waals surface area contributed by atoms with Crippen LogP contribution in [0.3, 0.4) is 0 Å². The Morgan fingerprint density at radius 1 is 1.05 bits per heavy atom. The molecule has 202 valence electrons. The number of aromatic amines is 1. The van der Waals surface area contributed by atoms with Gasteiger partial charge in [0.2, 0.25) is 0 Å². The van der Waals surface area contributed by atoms with Gasteiger partial charge in [-0.1, -0.05) is 57.6 Å². The number of anilines is 1. The molecule has 10 heteroatoms. The smallest absolute Gasteiger partial charge is 0.398 e. The first-order valence-corrected chi connectivity index (χ1v) is 12.6. The number of hydrogen-bond donors (Lipinski definition) is 4. The molecule has 7 nitrogen and oxygen atoms in total. The van der Waals surface area contributed by atoms with Crippen LogP contribution in [0.15, 0.2) is 46.3 Å². The molecule has 0 bridgehead atoms. The number of amidine groups is 1. The maximum atomic E-state index is 13.7. The summed E-state index contributed by atoms with van der Waals surface area (Å²) < 4.78 is 41.2. The average molecular weight is 519 g/mol. The molecular weight excluding hydrogens is 481 g/mol. The minimum Gasteiger partial charge on any atom is -0.398 e. The number of pyridine rings is 1. The van der Waals surface area contributed by atoms with Crippen LogP contribution in [0.25, 0.3) is 0 Å². The third-order valence-electron chi connectivity index (χ3n) is 6.89. The van der Waals surface area contributed by atoms with Crippen LogP contribution in [-0.4, -0.2) is 23.5 Å². The molecule has 37 heavy (non-hydrogen) atoms. The number of nitrogens with two attached hydrogens (primary N) is 2. The SMILES string of the molecule is C#N.CC1CCCCCC1.NC(=Nc1ccc(C2(C(F)(F)F)CCCCN2)cc1)c1c(N)cc[nH]c1=O. The molecule has 6 N–H and O–H groups in total. The molecule has 4 rings (SSSR count). The van der Waals surface area contributed by atoms with Gasteiger partial charge in [0, 0.05) is 18.5 Å². The number of hydrogen-bond acceptors (Lipinski definition) is 5. The fourth-order valence-electron chi connectivity index (χ4n) is 4.81. The number of nitrogens with zero attached hydrogens (tertiary/aromatic N) is 2. The van der Waals surface area contributed by atoms with E-state index in [9.17, 15) is 18.0 Å².